The number of nitrogens with two attached hydrogens (primary N) is 1. The second kappa shape index (κ2) is 5.55. The average Bonchev–Trinajstić information content (AvgIpc) is 2.66. The molecule has 114 valence electrons. The number of hydrogen-bond donors (Lipinski definition) is 1. The normalized spacial score (nSPS) is 11.9. The lowest BCUT2D eigenvalue weighted by atomic mass is 10.0. The number of rotatable bonds is 3. The fraction of sp³-hybridized carbons (Fsp3) is 0.500. The van der Waals surface area contributed by atoms with E-state index in [0.29, 0.717) is 0 Å². The molecule has 0 aliphatic carbocycles. The smallest absolute Gasteiger partial charge is 0.132 e. The molecule has 0 fully saturated rings. The Kier molecular flexibility index (Phi) is 4.13. The van der Waals surface area contributed by atoms with Crippen molar-refractivity contribution in [3.63, 3.8) is 0 Å². The largest absolute Gasteiger partial charge is 0.383 e. The van der Waals surface area contributed by atoms with Gasteiger partial charge in [0.25, 0.3) is 0 Å². The summed E-state index contributed by atoms with van der Waals surface area (Å²) in [4.78, 5) is 4.86. The predicted molar refractivity (Wildman–Crippen MR) is 90.5 cm³/mol. The maximum absolute atomic E-state index is 6.46. The van der Waals surface area contributed by atoms with Gasteiger partial charge in [-0.15, -0.1) is 0 Å². The second-order valence-electron chi connectivity index (χ2n) is 6.84. The van der Waals surface area contributed by atoms with Gasteiger partial charge < -0.3 is 10.3 Å². The van der Waals surface area contributed by atoms with E-state index in [9.17, 15) is 0 Å². The Morgan fingerprint density at radius 2 is 1.86 bits per heavy atom. The second-order valence-corrected chi connectivity index (χ2v) is 6.84. The Bertz CT molecular complexity index is 645. The first kappa shape index (κ1) is 15.6. The number of aryl methyl sites for hydroxylation is 3. The fourth-order valence-electron chi connectivity index (χ4n) is 2.90. The van der Waals surface area contributed by atoms with Crippen LogP contribution in [0.25, 0.3) is 11.3 Å². The molecule has 0 atom stereocenters. The average molecular weight is 285 g/mol. The molecule has 2 aromatic rings. The number of anilines is 1. The number of hydrogen-bond acceptors (Lipinski definition) is 2. The summed E-state index contributed by atoms with van der Waals surface area (Å²) in [5, 5.41) is 0. The Balaban J connectivity index is 2.65. The van der Waals surface area contributed by atoms with E-state index < -0.39 is 0 Å². The molecule has 0 amide bonds. The zero-order valence-corrected chi connectivity index (χ0v) is 14.1. The van der Waals surface area contributed by atoms with Crippen LogP contribution in [-0.2, 0) is 12.0 Å². The zero-order valence-electron chi connectivity index (χ0n) is 14.1. The van der Waals surface area contributed by atoms with Crippen LogP contribution < -0.4 is 5.73 Å². The molecule has 1 heterocycles. The van der Waals surface area contributed by atoms with Crippen molar-refractivity contribution in [3.05, 3.63) is 35.2 Å². The van der Waals surface area contributed by atoms with Gasteiger partial charge >= 0.3 is 0 Å². The van der Waals surface area contributed by atoms with Crippen LogP contribution in [0.3, 0.4) is 0 Å². The molecule has 2 N–H and O–H groups in total. The molecule has 0 aliphatic rings. The molecule has 3 heteroatoms. The summed E-state index contributed by atoms with van der Waals surface area (Å²) >= 11 is 0. The highest BCUT2D eigenvalue weighted by Gasteiger charge is 2.24. The minimum atomic E-state index is -0.0571. The molecule has 0 saturated carbocycles. The highest BCUT2D eigenvalue weighted by molar-refractivity contribution is 5.74. The van der Waals surface area contributed by atoms with Gasteiger partial charge in [0.2, 0.25) is 0 Å². The third kappa shape index (κ3) is 2.97. The highest BCUT2D eigenvalue weighted by Crippen LogP contribution is 2.33. The van der Waals surface area contributed by atoms with Crippen molar-refractivity contribution in [2.75, 3.05) is 5.73 Å². The van der Waals surface area contributed by atoms with Crippen LogP contribution in [0.5, 0.6) is 0 Å². The van der Waals surface area contributed by atoms with E-state index in [4.69, 9.17) is 10.7 Å². The van der Waals surface area contributed by atoms with E-state index >= 15 is 0 Å². The first-order valence-electron chi connectivity index (χ1n) is 7.71. The molecule has 1 aromatic heterocycles. The lowest BCUT2D eigenvalue weighted by Crippen LogP contribution is -2.25. The molecular weight excluding hydrogens is 258 g/mol. The van der Waals surface area contributed by atoms with Crippen LogP contribution in [0.15, 0.2) is 18.2 Å². The molecule has 21 heavy (non-hydrogen) atoms. The lowest BCUT2D eigenvalue weighted by molar-refractivity contribution is 0.387. The van der Waals surface area contributed by atoms with Crippen molar-refractivity contribution >= 4 is 5.82 Å². The fourth-order valence-corrected chi connectivity index (χ4v) is 2.90. The van der Waals surface area contributed by atoms with E-state index in [1.807, 2.05) is 0 Å². The summed E-state index contributed by atoms with van der Waals surface area (Å²) in [6, 6.07) is 6.44. The zero-order chi connectivity index (χ0) is 15.8. The summed E-state index contributed by atoms with van der Waals surface area (Å²) in [5.41, 5.74) is 11.0. The number of nitrogens with zero attached hydrogens (tertiary/aromatic N) is 2. The van der Waals surface area contributed by atoms with Gasteiger partial charge in [-0.05, 0) is 46.6 Å². The van der Waals surface area contributed by atoms with Crippen LogP contribution >= 0.6 is 0 Å². The molecule has 0 radical (unpaired) electrons. The molecule has 2 rings (SSSR count). The summed E-state index contributed by atoms with van der Waals surface area (Å²) in [5.74, 6) is 1.86. The highest BCUT2D eigenvalue weighted by atomic mass is 15.2. The molecular formula is C18H27N3. The third-order valence-corrected chi connectivity index (χ3v) is 3.76. The van der Waals surface area contributed by atoms with Crippen molar-refractivity contribution in [2.24, 2.45) is 0 Å². The van der Waals surface area contributed by atoms with E-state index in [1.54, 1.807) is 0 Å². The van der Waals surface area contributed by atoms with Crippen molar-refractivity contribution in [1.82, 2.24) is 9.55 Å². The molecule has 0 unspecified atom stereocenters. The maximum atomic E-state index is 6.46. The number of benzene rings is 1. The van der Waals surface area contributed by atoms with E-state index in [0.717, 1.165) is 35.7 Å². The summed E-state index contributed by atoms with van der Waals surface area (Å²) in [7, 11) is 0. The lowest BCUT2D eigenvalue weighted by Gasteiger charge is -2.25. The molecule has 3 nitrogen and oxygen atoms in total. The van der Waals surface area contributed by atoms with Crippen LogP contribution in [0.1, 0.15) is 51.1 Å². The first-order valence-corrected chi connectivity index (χ1v) is 7.71. The number of imidazole rings is 1. The van der Waals surface area contributed by atoms with Crippen LogP contribution in [0, 0.1) is 13.8 Å². The molecule has 0 saturated heterocycles. The monoisotopic (exact) mass is 285 g/mol. The predicted octanol–water partition coefficient (Wildman–Crippen LogP) is 4.46. The number of nitrogen functional groups attached to an aromatic ring is 1. The standard InChI is InChI=1S/C18H27N3/c1-7-8-15-20-16(17(19)21(15)18(4,5)6)14-10-9-12(2)11-13(14)3/h9-11H,7-8,19H2,1-6H3. The van der Waals surface area contributed by atoms with Gasteiger partial charge in [0.1, 0.15) is 17.3 Å². The van der Waals surface area contributed by atoms with Crippen molar-refractivity contribution < 1.29 is 0 Å². The summed E-state index contributed by atoms with van der Waals surface area (Å²) in [6.07, 6.45) is 2.02. The van der Waals surface area contributed by atoms with Gasteiger partial charge in [0.15, 0.2) is 0 Å². The summed E-state index contributed by atoms with van der Waals surface area (Å²) < 4.78 is 2.19. The summed E-state index contributed by atoms with van der Waals surface area (Å²) in [6.45, 7) is 12.9. The quantitative estimate of drug-likeness (QED) is 0.905. The van der Waals surface area contributed by atoms with Gasteiger partial charge in [0.05, 0.1) is 0 Å². The molecule has 0 spiro atoms. The minimum absolute atomic E-state index is 0.0571. The van der Waals surface area contributed by atoms with Gasteiger partial charge in [-0.1, -0.05) is 30.7 Å². The van der Waals surface area contributed by atoms with Crippen LogP contribution in [-0.4, -0.2) is 9.55 Å². The van der Waals surface area contributed by atoms with Crippen LogP contribution in [0.2, 0.25) is 0 Å². The Morgan fingerprint density at radius 3 is 2.38 bits per heavy atom. The SMILES string of the molecule is CCCc1nc(-c2ccc(C)cc2C)c(N)n1C(C)(C)C. The Hall–Kier alpha value is -1.77. The Morgan fingerprint density at radius 1 is 1.19 bits per heavy atom. The van der Waals surface area contributed by atoms with E-state index in [1.165, 1.54) is 11.1 Å². The maximum Gasteiger partial charge on any atom is 0.132 e. The molecule has 1 aromatic carbocycles. The van der Waals surface area contributed by atoms with Crippen LogP contribution in [0.4, 0.5) is 5.82 Å². The number of aromatic nitrogens is 2. The minimum Gasteiger partial charge on any atom is -0.383 e. The van der Waals surface area contributed by atoms with E-state index in [2.05, 4.69) is 64.3 Å². The van der Waals surface area contributed by atoms with E-state index in [-0.39, 0.29) is 5.54 Å². The van der Waals surface area contributed by atoms with Gasteiger partial charge in [-0.25, -0.2) is 4.98 Å². The van der Waals surface area contributed by atoms with Gasteiger partial charge in [-0.2, -0.15) is 0 Å². The van der Waals surface area contributed by atoms with Crippen molar-refractivity contribution in [2.45, 2.75) is 59.9 Å². The molecule has 0 aliphatic heterocycles. The third-order valence-electron chi connectivity index (χ3n) is 3.76. The Labute approximate surface area is 128 Å². The van der Waals surface area contributed by atoms with Gasteiger partial charge in [-0.3, -0.25) is 0 Å². The van der Waals surface area contributed by atoms with Gasteiger partial charge in [0, 0.05) is 17.5 Å². The first-order chi connectivity index (χ1) is 9.75. The van der Waals surface area contributed by atoms with Crippen molar-refractivity contribution in [1.29, 1.82) is 0 Å². The topological polar surface area (TPSA) is 43.8 Å². The van der Waals surface area contributed by atoms with Crippen molar-refractivity contribution in [3.8, 4) is 11.3 Å². The molecule has 0 bridgehead atoms.